The zero-order chi connectivity index (χ0) is 19.7. The first-order valence-corrected chi connectivity index (χ1v) is 9.34. The Morgan fingerprint density at radius 2 is 2.07 bits per heavy atom. The second-order valence-electron chi connectivity index (χ2n) is 7.01. The van der Waals surface area contributed by atoms with Gasteiger partial charge in [-0.05, 0) is 38.1 Å². The number of fused-ring (bicyclic) bond motifs is 2. The highest BCUT2D eigenvalue weighted by atomic mass is 16.5. The summed E-state index contributed by atoms with van der Waals surface area (Å²) >= 11 is 0. The standard InChI is InChI=1S/C21H22N4O3/c1-13(2)25-17-9-4-3-7-15(17)23-18(25)10-11-22-21(27)14-6-5-8-16-20(14)28-12-19(26)24-16/h3-9,13H,10-12H2,1-2H3,(H,22,27)(H,24,26). The van der Waals surface area contributed by atoms with Crippen LogP contribution in [0.4, 0.5) is 5.69 Å². The smallest absolute Gasteiger partial charge is 0.262 e. The number of carbonyl (C=O) groups excluding carboxylic acids is 2. The third-order valence-corrected chi connectivity index (χ3v) is 4.70. The summed E-state index contributed by atoms with van der Waals surface area (Å²) in [7, 11) is 0. The lowest BCUT2D eigenvalue weighted by molar-refractivity contribution is -0.118. The van der Waals surface area contributed by atoms with Gasteiger partial charge in [0.1, 0.15) is 5.82 Å². The Morgan fingerprint density at radius 1 is 1.25 bits per heavy atom. The summed E-state index contributed by atoms with van der Waals surface area (Å²) in [5.41, 5.74) is 2.99. The van der Waals surface area contributed by atoms with E-state index in [2.05, 4.69) is 35.1 Å². The Labute approximate surface area is 162 Å². The molecule has 2 N–H and O–H groups in total. The van der Waals surface area contributed by atoms with Crippen molar-refractivity contribution in [2.24, 2.45) is 0 Å². The minimum atomic E-state index is -0.236. The molecule has 4 rings (SSSR count). The van der Waals surface area contributed by atoms with Crippen molar-refractivity contribution in [1.82, 2.24) is 14.9 Å². The number of aromatic nitrogens is 2. The summed E-state index contributed by atoms with van der Waals surface area (Å²) in [6.07, 6.45) is 0.616. The molecular formula is C21H22N4O3. The molecule has 1 aromatic heterocycles. The van der Waals surface area contributed by atoms with Gasteiger partial charge < -0.3 is 19.9 Å². The van der Waals surface area contributed by atoms with Crippen LogP contribution < -0.4 is 15.4 Å². The van der Waals surface area contributed by atoms with Gasteiger partial charge in [-0.3, -0.25) is 9.59 Å². The number of para-hydroxylation sites is 3. The van der Waals surface area contributed by atoms with E-state index in [1.165, 1.54) is 0 Å². The maximum Gasteiger partial charge on any atom is 0.262 e. The number of nitrogens with one attached hydrogen (secondary N) is 2. The Kier molecular flexibility index (Phi) is 4.73. The molecule has 0 bridgehead atoms. The summed E-state index contributed by atoms with van der Waals surface area (Å²) in [5.74, 6) is 0.891. The first-order valence-electron chi connectivity index (χ1n) is 9.34. The monoisotopic (exact) mass is 378 g/mol. The molecular weight excluding hydrogens is 356 g/mol. The van der Waals surface area contributed by atoms with E-state index >= 15 is 0 Å². The molecule has 7 heteroatoms. The summed E-state index contributed by atoms with van der Waals surface area (Å²) in [4.78, 5) is 28.8. The lowest BCUT2D eigenvalue weighted by Gasteiger charge is -2.20. The number of hydrogen-bond donors (Lipinski definition) is 2. The van der Waals surface area contributed by atoms with Gasteiger partial charge in [0, 0.05) is 19.0 Å². The molecule has 3 aromatic rings. The average molecular weight is 378 g/mol. The molecule has 0 unspecified atom stereocenters. The van der Waals surface area contributed by atoms with Crippen LogP contribution in [0.3, 0.4) is 0 Å². The van der Waals surface area contributed by atoms with Crippen LogP contribution in [0.2, 0.25) is 0 Å². The molecule has 1 aliphatic rings. The maximum atomic E-state index is 12.6. The molecule has 0 radical (unpaired) electrons. The van der Waals surface area contributed by atoms with Gasteiger partial charge >= 0.3 is 0 Å². The van der Waals surface area contributed by atoms with E-state index in [4.69, 9.17) is 9.72 Å². The van der Waals surface area contributed by atoms with Crippen molar-refractivity contribution in [1.29, 1.82) is 0 Å². The molecule has 0 spiro atoms. The first kappa shape index (κ1) is 18.0. The number of rotatable bonds is 5. The number of hydrogen-bond acceptors (Lipinski definition) is 4. The summed E-state index contributed by atoms with van der Waals surface area (Å²) in [5, 5.41) is 5.65. The van der Waals surface area contributed by atoms with Crippen molar-refractivity contribution in [2.45, 2.75) is 26.3 Å². The number of imidazole rings is 1. The zero-order valence-electron chi connectivity index (χ0n) is 15.9. The zero-order valence-corrected chi connectivity index (χ0v) is 15.9. The molecule has 0 saturated carbocycles. The lowest BCUT2D eigenvalue weighted by atomic mass is 10.1. The quantitative estimate of drug-likeness (QED) is 0.715. The molecule has 0 atom stereocenters. The Bertz CT molecular complexity index is 1050. The van der Waals surface area contributed by atoms with Crippen molar-refractivity contribution < 1.29 is 14.3 Å². The maximum absolute atomic E-state index is 12.6. The number of amides is 2. The van der Waals surface area contributed by atoms with Crippen molar-refractivity contribution >= 4 is 28.5 Å². The van der Waals surface area contributed by atoms with E-state index < -0.39 is 0 Å². The summed E-state index contributed by atoms with van der Waals surface area (Å²) < 4.78 is 7.65. The third-order valence-electron chi connectivity index (χ3n) is 4.70. The minimum Gasteiger partial charge on any atom is -0.481 e. The SMILES string of the molecule is CC(C)n1c(CCNC(=O)c2cccc3c2OCC(=O)N3)nc2ccccc21. The van der Waals surface area contributed by atoms with Crippen LogP contribution in [0.5, 0.6) is 5.75 Å². The predicted molar refractivity (Wildman–Crippen MR) is 107 cm³/mol. The highest BCUT2D eigenvalue weighted by molar-refractivity contribution is 6.03. The normalized spacial score (nSPS) is 13.2. The molecule has 28 heavy (non-hydrogen) atoms. The largest absolute Gasteiger partial charge is 0.481 e. The van der Waals surface area contributed by atoms with Gasteiger partial charge in [-0.25, -0.2) is 4.98 Å². The third kappa shape index (κ3) is 3.31. The van der Waals surface area contributed by atoms with Gasteiger partial charge in [-0.1, -0.05) is 18.2 Å². The van der Waals surface area contributed by atoms with E-state index in [1.54, 1.807) is 18.2 Å². The molecule has 0 fully saturated rings. The van der Waals surface area contributed by atoms with E-state index in [9.17, 15) is 9.59 Å². The van der Waals surface area contributed by atoms with Crippen molar-refractivity contribution in [3.8, 4) is 5.75 Å². The van der Waals surface area contributed by atoms with Gasteiger partial charge in [0.15, 0.2) is 12.4 Å². The van der Waals surface area contributed by atoms with Gasteiger partial charge in [0.2, 0.25) is 0 Å². The van der Waals surface area contributed by atoms with Gasteiger partial charge in [0.05, 0.1) is 22.3 Å². The van der Waals surface area contributed by atoms with E-state index in [-0.39, 0.29) is 24.5 Å². The fourth-order valence-electron chi connectivity index (χ4n) is 3.52. The van der Waals surface area contributed by atoms with Crippen LogP contribution in [0.25, 0.3) is 11.0 Å². The number of benzene rings is 2. The van der Waals surface area contributed by atoms with Crippen molar-refractivity contribution in [2.75, 3.05) is 18.5 Å². The number of anilines is 1. The van der Waals surface area contributed by atoms with Crippen LogP contribution >= 0.6 is 0 Å². The molecule has 0 saturated heterocycles. The number of ether oxygens (including phenoxy) is 1. The Morgan fingerprint density at radius 3 is 2.89 bits per heavy atom. The predicted octanol–water partition coefficient (Wildman–Crippen LogP) is 2.92. The fourth-order valence-corrected chi connectivity index (χ4v) is 3.52. The summed E-state index contributed by atoms with van der Waals surface area (Å²) in [6.45, 7) is 4.61. The molecule has 7 nitrogen and oxygen atoms in total. The molecule has 144 valence electrons. The molecule has 2 aromatic carbocycles. The summed E-state index contributed by atoms with van der Waals surface area (Å²) in [6, 6.07) is 13.4. The highest BCUT2D eigenvalue weighted by Crippen LogP contribution is 2.31. The number of nitrogens with zero attached hydrogens (tertiary/aromatic N) is 2. The van der Waals surface area contributed by atoms with Gasteiger partial charge in [0.25, 0.3) is 11.8 Å². The second-order valence-corrected chi connectivity index (χ2v) is 7.01. The Balaban J connectivity index is 1.49. The number of carbonyl (C=O) groups is 2. The fraction of sp³-hybridized carbons (Fsp3) is 0.286. The van der Waals surface area contributed by atoms with Crippen molar-refractivity contribution in [3.05, 3.63) is 53.9 Å². The van der Waals surface area contributed by atoms with Crippen LogP contribution in [0.1, 0.15) is 36.1 Å². The van der Waals surface area contributed by atoms with Crippen molar-refractivity contribution in [3.63, 3.8) is 0 Å². The van der Waals surface area contributed by atoms with Crippen LogP contribution in [0.15, 0.2) is 42.5 Å². The van der Waals surface area contributed by atoms with E-state index in [1.807, 2.05) is 18.2 Å². The molecule has 2 amide bonds. The molecule has 1 aliphatic heterocycles. The van der Waals surface area contributed by atoms with Gasteiger partial charge in [-0.2, -0.15) is 0 Å². The van der Waals surface area contributed by atoms with E-state index in [0.717, 1.165) is 16.9 Å². The highest BCUT2D eigenvalue weighted by Gasteiger charge is 2.22. The topological polar surface area (TPSA) is 85.2 Å². The van der Waals surface area contributed by atoms with Gasteiger partial charge in [-0.15, -0.1) is 0 Å². The second kappa shape index (κ2) is 7.34. The van der Waals surface area contributed by atoms with Crippen LogP contribution in [0, 0.1) is 0 Å². The van der Waals surface area contributed by atoms with Crippen LogP contribution in [-0.4, -0.2) is 34.5 Å². The lowest BCUT2D eigenvalue weighted by Crippen LogP contribution is -2.30. The van der Waals surface area contributed by atoms with E-state index in [0.29, 0.717) is 30.0 Å². The molecule has 0 aliphatic carbocycles. The first-order chi connectivity index (χ1) is 13.5. The van der Waals surface area contributed by atoms with Crippen LogP contribution in [-0.2, 0) is 11.2 Å². The Hall–Kier alpha value is -3.35. The average Bonchev–Trinajstić information content (AvgIpc) is 3.05. The molecule has 2 heterocycles. The minimum absolute atomic E-state index is 0.0876.